The molecule has 0 radical (unpaired) electrons. The Bertz CT molecular complexity index is 272. The summed E-state index contributed by atoms with van der Waals surface area (Å²) < 4.78 is 0. The molecule has 1 atom stereocenters. The van der Waals surface area contributed by atoms with E-state index < -0.39 is 0 Å². The molecule has 5 heteroatoms. The van der Waals surface area contributed by atoms with Crippen LogP contribution in [-0.4, -0.2) is 42.4 Å². The molecule has 2 fully saturated rings. The highest BCUT2D eigenvalue weighted by molar-refractivity contribution is 5.82. The maximum Gasteiger partial charge on any atom is 0.224 e. The second-order valence-electron chi connectivity index (χ2n) is 4.07. The predicted molar refractivity (Wildman–Crippen MR) is 53.8 cm³/mol. The van der Waals surface area contributed by atoms with Crippen molar-refractivity contribution in [1.29, 1.82) is 0 Å². The molecule has 1 aliphatic heterocycles. The topological polar surface area (TPSA) is 70.7 Å². The van der Waals surface area contributed by atoms with Crippen molar-refractivity contribution in [2.45, 2.75) is 31.3 Å². The molecule has 1 saturated heterocycles. The van der Waals surface area contributed by atoms with Crippen molar-refractivity contribution >= 4 is 11.9 Å². The van der Waals surface area contributed by atoms with Crippen LogP contribution in [-0.2, 0) is 4.79 Å². The zero-order valence-electron chi connectivity index (χ0n) is 8.36. The molecule has 14 heavy (non-hydrogen) atoms. The van der Waals surface area contributed by atoms with Gasteiger partial charge in [0.2, 0.25) is 5.91 Å². The van der Waals surface area contributed by atoms with Crippen molar-refractivity contribution in [3.8, 4) is 0 Å². The van der Waals surface area contributed by atoms with Crippen molar-refractivity contribution in [2.24, 2.45) is 10.7 Å². The lowest BCUT2D eigenvalue weighted by molar-refractivity contribution is -0.126. The van der Waals surface area contributed by atoms with Gasteiger partial charge in [0.15, 0.2) is 5.96 Å². The molecule has 1 aliphatic carbocycles. The Labute approximate surface area is 83.4 Å². The SMILES string of the molecule is CN1CC(NC(N)=NC2CC2)CC1=O. The summed E-state index contributed by atoms with van der Waals surface area (Å²) >= 11 is 0. The Morgan fingerprint density at radius 2 is 2.36 bits per heavy atom. The quantitative estimate of drug-likeness (QED) is 0.452. The second kappa shape index (κ2) is 3.48. The van der Waals surface area contributed by atoms with E-state index in [1.165, 1.54) is 0 Å². The van der Waals surface area contributed by atoms with Crippen LogP contribution in [0.4, 0.5) is 0 Å². The summed E-state index contributed by atoms with van der Waals surface area (Å²) in [5.41, 5.74) is 5.69. The van der Waals surface area contributed by atoms with Crippen LogP contribution in [0.5, 0.6) is 0 Å². The standard InChI is InChI=1S/C9H16N4O/c1-13-5-7(4-8(13)14)12-9(10)11-6-2-3-6/h6-7H,2-5H2,1H3,(H3,10,11,12). The number of carbonyl (C=O) groups excluding carboxylic acids is 1. The number of rotatable bonds is 2. The summed E-state index contributed by atoms with van der Waals surface area (Å²) in [5.74, 6) is 0.655. The number of nitrogens with one attached hydrogen (secondary N) is 1. The molecule has 0 bridgehead atoms. The molecule has 2 aliphatic rings. The predicted octanol–water partition coefficient (Wildman–Crippen LogP) is -0.716. The van der Waals surface area contributed by atoms with Crippen LogP contribution in [0.1, 0.15) is 19.3 Å². The molecule has 3 N–H and O–H groups in total. The van der Waals surface area contributed by atoms with Gasteiger partial charge in [-0.3, -0.25) is 9.79 Å². The van der Waals surface area contributed by atoms with E-state index in [9.17, 15) is 4.79 Å². The van der Waals surface area contributed by atoms with Crippen molar-refractivity contribution in [3.63, 3.8) is 0 Å². The Kier molecular flexibility index (Phi) is 2.31. The number of hydrogen-bond donors (Lipinski definition) is 2. The largest absolute Gasteiger partial charge is 0.370 e. The Balaban J connectivity index is 1.83. The molecule has 2 rings (SSSR count). The van der Waals surface area contributed by atoms with Crippen molar-refractivity contribution < 1.29 is 4.79 Å². The first-order valence-electron chi connectivity index (χ1n) is 4.99. The maximum atomic E-state index is 11.2. The van der Waals surface area contributed by atoms with E-state index in [1.54, 1.807) is 11.9 Å². The average molecular weight is 196 g/mol. The number of hydrogen-bond acceptors (Lipinski definition) is 2. The van der Waals surface area contributed by atoms with Gasteiger partial charge in [-0.15, -0.1) is 0 Å². The molecule has 5 nitrogen and oxygen atoms in total. The van der Waals surface area contributed by atoms with Crippen LogP contribution in [0.15, 0.2) is 4.99 Å². The minimum absolute atomic E-state index is 0.134. The van der Waals surface area contributed by atoms with Crippen molar-refractivity contribution in [1.82, 2.24) is 10.2 Å². The van der Waals surface area contributed by atoms with Gasteiger partial charge in [0, 0.05) is 20.0 Å². The van der Waals surface area contributed by atoms with Gasteiger partial charge in [0.05, 0.1) is 12.1 Å². The number of likely N-dealkylation sites (tertiary alicyclic amines) is 1. The van der Waals surface area contributed by atoms with Crippen LogP contribution < -0.4 is 11.1 Å². The van der Waals surface area contributed by atoms with E-state index in [-0.39, 0.29) is 11.9 Å². The molecule has 0 spiro atoms. The summed E-state index contributed by atoms with van der Waals surface area (Å²) in [6.07, 6.45) is 2.81. The first-order valence-corrected chi connectivity index (χ1v) is 4.99. The molecule has 1 saturated carbocycles. The fraction of sp³-hybridized carbons (Fsp3) is 0.778. The smallest absolute Gasteiger partial charge is 0.224 e. The zero-order chi connectivity index (χ0) is 10.1. The minimum Gasteiger partial charge on any atom is -0.370 e. The minimum atomic E-state index is 0.134. The van der Waals surface area contributed by atoms with Gasteiger partial charge in [-0.25, -0.2) is 0 Å². The molecule has 78 valence electrons. The molecule has 0 aromatic heterocycles. The average Bonchev–Trinajstić information content (AvgIpc) is 2.82. The third-order valence-electron chi connectivity index (χ3n) is 2.56. The van der Waals surface area contributed by atoms with Crippen LogP contribution in [0.3, 0.4) is 0 Å². The van der Waals surface area contributed by atoms with E-state index in [0.717, 1.165) is 19.4 Å². The van der Waals surface area contributed by atoms with Gasteiger partial charge in [-0.1, -0.05) is 0 Å². The van der Waals surface area contributed by atoms with Crippen molar-refractivity contribution in [2.75, 3.05) is 13.6 Å². The number of likely N-dealkylation sites (N-methyl/N-ethyl adjacent to an activating group) is 1. The molecular weight excluding hydrogens is 180 g/mol. The molecular formula is C9H16N4O. The van der Waals surface area contributed by atoms with E-state index in [4.69, 9.17) is 5.73 Å². The second-order valence-corrected chi connectivity index (χ2v) is 4.07. The monoisotopic (exact) mass is 196 g/mol. The van der Waals surface area contributed by atoms with Crippen molar-refractivity contribution in [3.05, 3.63) is 0 Å². The van der Waals surface area contributed by atoms with E-state index in [2.05, 4.69) is 10.3 Å². The lowest BCUT2D eigenvalue weighted by atomic mass is 10.3. The fourth-order valence-electron chi connectivity index (χ4n) is 1.61. The van der Waals surface area contributed by atoms with Gasteiger partial charge in [0.1, 0.15) is 0 Å². The normalized spacial score (nSPS) is 28.4. The number of aliphatic imine (C=N–C) groups is 1. The van der Waals surface area contributed by atoms with E-state index in [1.807, 2.05) is 0 Å². The van der Waals surface area contributed by atoms with Gasteiger partial charge in [-0.2, -0.15) is 0 Å². The number of carbonyl (C=O) groups is 1. The lowest BCUT2D eigenvalue weighted by Crippen LogP contribution is -2.41. The Morgan fingerprint density at radius 1 is 1.64 bits per heavy atom. The number of amides is 1. The highest BCUT2D eigenvalue weighted by Crippen LogP contribution is 2.23. The highest BCUT2D eigenvalue weighted by Gasteiger charge is 2.27. The van der Waals surface area contributed by atoms with Crippen LogP contribution in [0, 0.1) is 0 Å². The zero-order valence-corrected chi connectivity index (χ0v) is 8.36. The summed E-state index contributed by atoms with van der Waals surface area (Å²) in [7, 11) is 1.80. The molecule has 0 aromatic carbocycles. The highest BCUT2D eigenvalue weighted by atomic mass is 16.2. The van der Waals surface area contributed by atoms with Gasteiger partial charge < -0.3 is 16.0 Å². The summed E-state index contributed by atoms with van der Waals surface area (Å²) in [6, 6.07) is 0.562. The molecule has 1 amide bonds. The lowest BCUT2D eigenvalue weighted by Gasteiger charge is -2.12. The number of nitrogens with two attached hydrogens (primary N) is 1. The van der Waals surface area contributed by atoms with Gasteiger partial charge in [-0.05, 0) is 12.8 Å². The summed E-state index contributed by atoms with van der Waals surface area (Å²) in [6.45, 7) is 0.722. The number of guanidine groups is 1. The molecule has 0 aromatic rings. The van der Waals surface area contributed by atoms with Crippen LogP contribution >= 0.6 is 0 Å². The Hall–Kier alpha value is -1.26. The third kappa shape index (κ3) is 2.16. The van der Waals surface area contributed by atoms with Crippen LogP contribution in [0.25, 0.3) is 0 Å². The Morgan fingerprint density at radius 3 is 2.86 bits per heavy atom. The molecule has 1 unspecified atom stereocenters. The van der Waals surface area contributed by atoms with E-state index >= 15 is 0 Å². The van der Waals surface area contributed by atoms with Gasteiger partial charge in [0.25, 0.3) is 0 Å². The first-order chi connectivity index (χ1) is 6.65. The molecule has 1 heterocycles. The summed E-state index contributed by atoms with van der Waals surface area (Å²) in [5, 5.41) is 3.08. The maximum absolute atomic E-state index is 11.2. The van der Waals surface area contributed by atoms with Crippen LogP contribution in [0.2, 0.25) is 0 Å². The first kappa shape index (κ1) is 9.30. The number of nitrogens with zero attached hydrogens (tertiary/aromatic N) is 2. The van der Waals surface area contributed by atoms with Gasteiger partial charge >= 0.3 is 0 Å². The fourth-order valence-corrected chi connectivity index (χ4v) is 1.61. The summed E-state index contributed by atoms with van der Waals surface area (Å²) in [4.78, 5) is 17.2. The third-order valence-corrected chi connectivity index (χ3v) is 2.56. The van der Waals surface area contributed by atoms with E-state index in [0.29, 0.717) is 18.4 Å².